The number of rotatable bonds is 2. The number of carbonyl (C=O) groups is 1. The second-order valence-electron chi connectivity index (χ2n) is 3.97. The van der Waals surface area contributed by atoms with Gasteiger partial charge in [0, 0.05) is 10.2 Å². The number of carbonyl (C=O) groups excluding carboxylic acids is 1. The molecule has 2 rings (SSSR count). The first-order chi connectivity index (χ1) is 9.81. The van der Waals surface area contributed by atoms with Crippen molar-refractivity contribution in [3.8, 4) is 5.75 Å². The van der Waals surface area contributed by atoms with Gasteiger partial charge in [-0.1, -0.05) is 11.6 Å². The Balaban J connectivity index is 2.35. The molecule has 2 aromatic rings. The van der Waals surface area contributed by atoms with Gasteiger partial charge >= 0.3 is 0 Å². The Hall–Kier alpha value is -1.73. The molecule has 0 heterocycles. The van der Waals surface area contributed by atoms with Crippen LogP contribution in [0.2, 0.25) is 5.02 Å². The average Bonchev–Trinajstić information content (AvgIpc) is 2.44. The van der Waals surface area contributed by atoms with Crippen molar-refractivity contribution < 1.29 is 23.1 Å². The van der Waals surface area contributed by atoms with E-state index in [2.05, 4.69) is 21.2 Å². The molecule has 0 bridgehead atoms. The van der Waals surface area contributed by atoms with Gasteiger partial charge in [0.05, 0.1) is 10.6 Å². The minimum absolute atomic E-state index is 0.219. The lowest BCUT2D eigenvalue weighted by atomic mass is 10.1. The quantitative estimate of drug-likeness (QED) is 0.755. The second-order valence-corrected chi connectivity index (χ2v) is 5.23. The lowest BCUT2D eigenvalue weighted by Gasteiger charge is -2.09. The fraction of sp³-hybridized carbons (Fsp3) is 0. The van der Waals surface area contributed by atoms with E-state index in [-0.39, 0.29) is 5.69 Å². The molecule has 1 amide bonds. The zero-order valence-electron chi connectivity index (χ0n) is 10.1. The van der Waals surface area contributed by atoms with Crippen molar-refractivity contribution in [1.82, 2.24) is 0 Å². The number of aromatic hydroxyl groups is 1. The van der Waals surface area contributed by atoms with Crippen LogP contribution in [-0.4, -0.2) is 11.0 Å². The number of nitrogens with one attached hydrogen (secondary N) is 1. The van der Waals surface area contributed by atoms with Crippen molar-refractivity contribution >= 4 is 39.1 Å². The molecule has 8 heteroatoms. The van der Waals surface area contributed by atoms with Crippen LogP contribution >= 0.6 is 27.5 Å². The number of benzene rings is 2. The molecule has 3 nitrogen and oxygen atoms in total. The summed E-state index contributed by atoms with van der Waals surface area (Å²) in [5.74, 6) is -7.44. The highest BCUT2D eigenvalue weighted by Gasteiger charge is 2.22. The topological polar surface area (TPSA) is 49.3 Å². The van der Waals surface area contributed by atoms with Gasteiger partial charge in [0.15, 0.2) is 17.4 Å². The maximum atomic E-state index is 13.6. The molecule has 0 unspecified atom stereocenters. The molecule has 0 saturated heterocycles. The van der Waals surface area contributed by atoms with Crippen LogP contribution in [0.3, 0.4) is 0 Å². The minimum Gasteiger partial charge on any atom is -0.503 e. The zero-order chi connectivity index (χ0) is 15.7. The van der Waals surface area contributed by atoms with E-state index in [1.165, 1.54) is 18.2 Å². The van der Waals surface area contributed by atoms with Crippen LogP contribution in [-0.2, 0) is 0 Å². The molecule has 21 heavy (non-hydrogen) atoms. The fourth-order valence-electron chi connectivity index (χ4n) is 1.53. The fourth-order valence-corrected chi connectivity index (χ4v) is 1.96. The van der Waals surface area contributed by atoms with Gasteiger partial charge in [0.2, 0.25) is 5.82 Å². The van der Waals surface area contributed by atoms with E-state index in [1.54, 1.807) is 0 Å². The Kier molecular flexibility index (Phi) is 4.43. The van der Waals surface area contributed by atoms with E-state index in [4.69, 9.17) is 16.7 Å². The number of anilines is 1. The van der Waals surface area contributed by atoms with Crippen molar-refractivity contribution in [3.63, 3.8) is 0 Å². The van der Waals surface area contributed by atoms with E-state index >= 15 is 0 Å². The third-order valence-electron chi connectivity index (χ3n) is 2.56. The van der Waals surface area contributed by atoms with E-state index in [0.29, 0.717) is 15.6 Å². The first-order valence-corrected chi connectivity index (χ1v) is 6.61. The molecular weight excluding hydrogens is 374 g/mol. The number of amides is 1. The molecule has 2 aromatic carbocycles. The van der Waals surface area contributed by atoms with Gasteiger partial charge in [0.25, 0.3) is 5.91 Å². The van der Waals surface area contributed by atoms with Gasteiger partial charge in [-0.25, -0.2) is 8.78 Å². The highest BCUT2D eigenvalue weighted by molar-refractivity contribution is 9.10. The van der Waals surface area contributed by atoms with E-state index in [0.717, 1.165) is 0 Å². The van der Waals surface area contributed by atoms with Crippen molar-refractivity contribution in [3.05, 3.63) is 56.8 Å². The zero-order valence-corrected chi connectivity index (χ0v) is 12.4. The Bertz CT molecular complexity index is 740. The van der Waals surface area contributed by atoms with E-state index in [9.17, 15) is 18.0 Å². The lowest BCUT2D eigenvalue weighted by Crippen LogP contribution is -2.15. The van der Waals surface area contributed by atoms with Gasteiger partial charge < -0.3 is 10.4 Å². The maximum Gasteiger partial charge on any atom is 0.258 e. The van der Waals surface area contributed by atoms with Crippen LogP contribution in [0.25, 0.3) is 0 Å². The van der Waals surface area contributed by atoms with Crippen molar-refractivity contribution in [2.45, 2.75) is 0 Å². The third-order valence-corrected chi connectivity index (χ3v) is 3.79. The molecule has 0 aliphatic heterocycles. The van der Waals surface area contributed by atoms with Crippen molar-refractivity contribution in [1.29, 1.82) is 0 Å². The van der Waals surface area contributed by atoms with Crippen LogP contribution in [0.1, 0.15) is 10.4 Å². The normalized spacial score (nSPS) is 10.5. The first-order valence-electron chi connectivity index (χ1n) is 5.44. The SMILES string of the molecule is O=C(Nc1ccc(Br)c(Cl)c1)c1cc(F)c(F)c(O)c1F. The van der Waals surface area contributed by atoms with Crippen LogP contribution in [0.5, 0.6) is 5.75 Å². The van der Waals surface area contributed by atoms with Gasteiger partial charge in [0.1, 0.15) is 0 Å². The van der Waals surface area contributed by atoms with Gasteiger partial charge in [-0.2, -0.15) is 4.39 Å². The van der Waals surface area contributed by atoms with Crippen molar-refractivity contribution in [2.75, 3.05) is 5.32 Å². The summed E-state index contributed by atoms with van der Waals surface area (Å²) in [6, 6.07) is 4.74. The van der Waals surface area contributed by atoms with Crippen LogP contribution in [0.4, 0.5) is 18.9 Å². The van der Waals surface area contributed by atoms with Crippen molar-refractivity contribution in [2.24, 2.45) is 0 Å². The summed E-state index contributed by atoms with van der Waals surface area (Å²) in [5.41, 5.74) is -0.609. The van der Waals surface area contributed by atoms with E-state index in [1.807, 2.05) is 0 Å². The summed E-state index contributed by atoms with van der Waals surface area (Å²) >= 11 is 8.97. The molecular formula is C13H6BrClF3NO2. The summed E-state index contributed by atoms with van der Waals surface area (Å²) in [6.07, 6.45) is 0. The maximum absolute atomic E-state index is 13.6. The smallest absolute Gasteiger partial charge is 0.258 e. The average molecular weight is 381 g/mol. The summed E-state index contributed by atoms with van der Waals surface area (Å²) in [7, 11) is 0. The second kappa shape index (κ2) is 5.95. The Morgan fingerprint density at radius 3 is 2.48 bits per heavy atom. The lowest BCUT2D eigenvalue weighted by molar-refractivity contribution is 0.102. The van der Waals surface area contributed by atoms with Crippen LogP contribution in [0, 0.1) is 17.5 Å². The monoisotopic (exact) mass is 379 g/mol. The predicted molar refractivity (Wildman–Crippen MR) is 75.1 cm³/mol. The predicted octanol–water partition coefficient (Wildman–Crippen LogP) is 4.48. The number of hydrogen-bond donors (Lipinski definition) is 2. The van der Waals surface area contributed by atoms with E-state index < -0.39 is 34.7 Å². The Morgan fingerprint density at radius 1 is 1.19 bits per heavy atom. The van der Waals surface area contributed by atoms with Crippen LogP contribution < -0.4 is 5.32 Å². The molecule has 0 aliphatic rings. The minimum atomic E-state index is -1.75. The molecule has 0 aliphatic carbocycles. The number of hydrogen-bond acceptors (Lipinski definition) is 2. The molecule has 0 spiro atoms. The molecule has 2 N–H and O–H groups in total. The molecule has 0 aromatic heterocycles. The highest BCUT2D eigenvalue weighted by atomic mass is 79.9. The molecule has 110 valence electrons. The number of phenolic OH excluding ortho intramolecular Hbond substituents is 1. The summed E-state index contributed by atoms with van der Waals surface area (Å²) in [4.78, 5) is 11.8. The van der Waals surface area contributed by atoms with Gasteiger partial charge in [-0.15, -0.1) is 0 Å². The summed E-state index contributed by atoms with van der Waals surface area (Å²) < 4.78 is 40.2. The standard InChI is InChI=1S/C13H6BrClF3NO2/c14-7-2-1-5(3-8(7)15)19-13(21)6-4-9(16)11(18)12(20)10(6)17/h1-4,20H,(H,19,21). The summed E-state index contributed by atoms with van der Waals surface area (Å²) in [6.45, 7) is 0. The first kappa shape index (κ1) is 15.7. The third kappa shape index (κ3) is 3.14. The molecule has 0 fully saturated rings. The Morgan fingerprint density at radius 2 is 1.86 bits per heavy atom. The number of halogens is 5. The van der Waals surface area contributed by atoms with Gasteiger partial charge in [-0.05, 0) is 40.2 Å². The molecule has 0 atom stereocenters. The summed E-state index contributed by atoms with van der Waals surface area (Å²) in [5, 5.41) is 11.6. The molecule has 0 radical (unpaired) electrons. The largest absolute Gasteiger partial charge is 0.503 e. The number of phenols is 1. The van der Waals surface area contributed by atoms with Gasteiger partial charge in [-0.3, -0.25) is 4.79 Å². The van der Waals surface area contributed by atoms with Crippen LogP contribution in [0.15, 0.2) is 28.7 Å². The highest BCUT2D eigenvalue weighted by Crippen LogP contribution is 2.28. The Labute approximate surface area is 130 Å². The molecule has 0 saturated carbocycles.